The van der Waals surface area contributed by atoms with E-state index in [1.165, 1.54) is 6.07 Å². The van der Waals surface area contributed by atoms with Gasteiger partial charge in [0, 0.05) is 31.7 Å². The smallest absolute Gasteiger partial charge is 0.323 e. The van der Waals surface area contributed by atoms with E-state index < -0.39 is 0 Å². The van der Waals surface area contributed by atoms with Gasteiger partial charge in [-0.05, 0) is 13.0 Å². The van der Waals surface area contributed by atoms with Crippen LogP contribution in [0, 0.1) is 5.82 Å². The van der Waals surface area contributed by atoms with Crippen molar-refractivity contribution in [2.45, 2.75) is 19.6 Å². The summed E-state index contributed by atoms with van der Waals surface area (Å²) in [6.07, 6.45) is 0. The van der Waals surface area contributed by atoms with E-state index in [-0.39, 0.29) is 24.4 Å². The molecule has 1 aliphatic rings. The Morgan fingerprint density at radius 3 is 2.79 bits per heavy atom. The van der Waals surface area contributed by atoms with Gasteiger partial charge in [-0.15, -0.1) is 0 Å². The first-order valence-electron chi connectivity index (χ1n) is 6.53. The van der Waals surface area contributed by atoms with Gasteiger partial charge in [-0.25, -0.2) is 4.39 Å². The molecular formula is C14H19FN2O2. The molecule has 0 aliphatic carbocycles. The van der Waals surface area contributed by atoms with Crippen molar-refractivity contribution in [1.82, 2.24) is 10.2 Å². The fraction of sp³-hybridized carbons (Fsp3) is 0.500. The van der Waals surface area contributed by atoms with Crippen molar-refractivity contribution in [3.05, 3.63) is 35.6 Å². The maximum absolute atomic E-state index is 13.4. The molecule has 0 radical (unpaired) electrons. The molecule has 1 heterocycles. The van der Waals surface area contributed by atoms with Crippen molar-refractivity contribution < 1.29 is 13.9 Å². The minimum atomic E-state index is -0.342. The van der Waals surface area contributed by atoms with Crippen LogP contribution >= 0.6 is 0 Å². The topological polar surface area (TPSA) is 41.6 Å². The third-order valence-corrected chi connectivity index (χ3v) is 3.37. The van der Waals surface area contributed by atoms with Gasteiger partial charge in [0.05, 0.1) is 0 Å². The second-order valence-electron chi connectivity index (χ2n) is 4.66. The normalized spacial score (nSPS) is 18.0. The summed E-state index contributed by atoms with van der Waals surface area (Å²) in [4.78, 5) is 14.0. The molecule has 1 saturated heterocycles. The van der Waals surface area contributed by atoms with Crippen LogP contribution in [0.15, 0.2) is 24.3 Å². The highest BCUT2D eigenvalue weighted by Crippen LogP contribution is 2.10. The highest BCUT2D eigenvalue weighted by molar-refractivity contribution is 5.75. The van der Waals surface area contributed by atoms with Gasteiger partial charge in [0.15, 0.2) is 0 Å². The number of carbonyl (C=O) groups is 1. The minimum Gasteiger partial charge on any atom is -0.460 e. The molecule has 1 aromatic rings. The first-order chi connectivity index (χ1) is 9.18. The molecule has 2 rings (SSSR count). The maximum Gasteiger partial charge on any atom is 0.323 e. The number of esters is 1. The van der Waals surface area contributed by atoms with Crippen LogP contribution in [0.5, 0.6) is 0 Å². The van der Waals surface area contributed by atoms with Crippen LogP contribution in [0.2, 0.25) is 0 Å². The lowest BCUT2D eigenvalue weighted by Gasteiger charge is -2.31. The third-order valence-electron chi connectivity index (χ3n) is 3.37. The summed E-state index contributed by atoms with van der Waals surface area (Å²) in [7, 11) is 0. The second kappa shape index (κ2) is 6.63. The van der Waals surface area contributed by atoms with Gasteiger partial charge in [0.1, 0.15) is 18.5 Å². The van der Waals surface area contributed by atoms with E-state index in [4.69, 9.17) is 4.74 Å². The molecule has 1 fully saturated rings. The Labute approximate surface area is 112 Å². The predicted molar refractivity (Wildman–Crippen MR) is 70.1 cm³/mol. The third kappa shape index (κ3) is 3.75. The van der Waals surface area contributed by atoms with Crippen molar-refractivity contribution in [3.8, 4) is 0 Å². The number of piperazine rings is 1. The number of halogens is 1. The second-order valence-corrected chi connectivity index (χ2v) is 4.66. The molecule has 4 nitrogen and oxygen atoms in total. The Balaban J connectivity index is 1.85. The number of hydrogen-bond acceptors (Lipinski definition) is 4. The van der Waals surface area contributed by atoms with Crippen LogP contribution in [0.1, 0.15) is 12.5 Å². The molecular weight excluding hydrogens is 247 g/mol. The van der Waals surface area contributed by atoms with Gasteiger partial charge in [0.25, 0.3) is 0 Å². The van der Waals surface area contributed by atoms with Gasteiger partial charge >= 0.3 is 5.97 Å². The number of hydrogen-bond donors (Lipinski definition) is 1. The zero-order valence-electron chi connectivity index (χ0n) is 11.1. The lowest BCUT2D eigenvalue weighted by Crippen LogP contribution is -2.50. The number of nitrogens with one attached hydrogen (secondary N) is 1. The highest BCUT2D eigenvalue weighted by Gasteiger charge is 2.24. The predicted octanol–water partition coefficient (Wildman–Crippen LogP) is 1.16. The highest BCUT2D eigenvalue weighted by atomic mass is 19.1. The number of carbonyl (C=O) groups excluding carboxylic acids is 1. The first-order valence-corrected chi connectivity index (χ1v) is 6.53. The van der Waals surface area contributed by atoms with Crippen LogP contribution in [-0.2, 0) is 16.1 Å². The van der Waals surface area contributed by atoms with Gasteiger partial charge in [-0.1, -0.05) is 18.2 Å². The molecule has 5 heteroatoms. The summed E-state index contributed by atoms with van der Waals surface area (Å²) in [5, 5.41) is 3.23. The van der Waals surface area contributed by atoms with Gasteiger partial charge in [-0.2, -0.15) is 0 Å². The fourth-order valence-electron chi connectivity index (χ4n) is 2.10. The summed E-state index contributed by atoms with van der Waals surface area (Å²) >= 11 is 0. The zero-order valence-corrected chi connectivity index (χ0v) is 11.1. The molecule has 0 saturated carbocycles. The molecule has 19 heavy (non-hydrogen) atoms. The van der Waals surface area contributed by atoms with Crippen LogP contribution in [0.4, 0.5) is 4.39 Å². The van der Waals surface area contributed by atoms with Crippen molar-refractivity contribution >= 4 is 5.97 Å². The van der Waals surface area contributed by atoms with Crippen LogP contribution in [0.3, 0.4) is 0 Å². The lowest BCUT2D eigenvalue weighted by atomic mass is 10.2. The summed E-state index contributed by atoms with van der Waals surface area (Å²) in [6.45, 7) is 5.23. The number of rotatable bonds is 4. The first kappa shape index (κ1) is 14.0. The molecule has 0 bridgehead atoms. The van der Waals surface area contributed by atoms with Crippen molar-refractivity contribution in [2.75, 3.05) is 26.2 Å². The van der Waals surface area contributed by atoms with E-state index >= 15 is 0 Å². The average Bonchev–Trinajstić information content (AvgIpc) is 2.46. The summed E-state index contributed by atoms with van der Waals surface area (Å²) in [5.41, 5.74) is 0.406. The SMILES string of the molecule is CC(C(=O)OCc1ccccc1F)N1CCNCC1. The van der Waals surface area contributed by atoms with E-state index in [2.05, 4.69) is 10.2 Å². The zero-order chi connectivity index (χ0) is 13.7. The maximum atomic E-state index is 13.4. The Morgan fingerprint density at radius 1 is 1.42 bits per heavy atom. The molecule has 1 atom stereocenters. The standard InChI is InChI=1S/C14H19FN2O2/c1-11(17-8-6-16-7-9-17)14(18)19-10-12-4-2-3-5-13(12)15/h2-5,11,16H,6-10H2,1H3. The number of nitrogens with zero attached hydrogens (tertiary/aromatic N) is 1. The lowest BCUT2D eigenvalue weighted by molar-refractivity contribution is -0.151. The van der Waals surface area contributed by atoms with E-state index in [0.29, 0.717) is 5.56 Å². The Kier molecular flexibility index (Phi) is 4.87. The minimum absolute atomic E-state index is 0.0120. The molecule has 0 aromatic heterocycles. The average molecular weight is 266 g/mol. The Bertz CT molecular complexity index is 433. The Hall–Kier alpha value is -1.46. The number of benzene rings is 1. The van der Waals surface area contributed by atoms with E-state index in [9.17, 15) is 9.18 Å². The van der Waals surface area contributed by atoms with E-state index in [0.717, 1.165) is 26.2 Å². The van der Waals surface area contributed by atoms with E-state index in [1.54, 1.807) is 18.2 Å². The molecule has 1 aliphatic heterocycles. The van der Waals surface area contributed by atoms with Gasteiger partial charge < -0.3 is 10.1 Å². The van der Waals surface area contributed by atoms with Crippen LogP contribution < -0.4 is 5.32 Å². The molecule has 1 aromatic carbocycles. The Morgan fingerprint density at radius 2 is 2.11 bits per heavy atom. The monoisotopic (exact) mass is 266 g/mol. The molecule has 0 spiro atoms. The van der Waals surface area contributed by atoms with Crippen molar-refractivity contribution in [3.63, 3.8) is 0 Å². The van der Waals surface area contributed by atoms with Crippen LogP contribution in [-0.4, -0.2) is 43.1 Å². The van der Waals surface area contributed by atoms with E-state index in [1.807, 2.05) is 6.92 Å². The van der Waals surface area contributed by atoms with Crippen molar-refractivity contribution in [2.24, 2.45) is 0 Å². The van der Waals surface area contributed by atoms with Crippen LogP contribution in [0.25, 0.3) is 0 Å². The fourth-order valence-corrected chi connectivity index (χ4v) is 2.10. The molecule has 104 valence electrons. The molecule has 1 unspecified atom stereocenters. The number of ether oxygens (including phenoxy) is 1. The molecule has 0 amide bonds. The summed E-state index contributed by atoms with van der Waals surface area (Å²) < 4.78 is 18.6. The summed E-state index contributed by atoms with van der Waals surface area (Å²) in [5.74, 6) is -0.643. The van der Waals surface area contributed by atoms with Crippen molar-refractivity contribution in [1.29, 1.82) is 0 Å². The largest absolute Gasteiger partial charge is 0.460 e. The quantitative estimate of drug-likeness (QED) is 0.831. The summed E-state index contributed by atoms with van der Waals surface area (Å²) in [6, 6.07) is 6.05. The van der Waals surface area contributed by atoms with Gasteiger partial charge in [-0.3, -0.25) is 9.69 Å². The van der Waals surface area contributed by atoms with Gasteiger partial charge in [0.2, 0.25) is 0 Å². The molecule has 1 N–H and O–H groups in total.